The lowest BCUT2D eigenvalue weighted by Crippen LogP contribution is -2.35. The Morgan fingerprint density at radius 3 is 2.56 bits per heavy atom. The summed E-state index contributed by atoms with van der Waals surface area (Å²) in [6, 6.07) is 0. The summed E-state index contributed by atoms with van der Waals surface area (Å²) in [5, 5.41) is 0. The normalized spacial score (nSPS) is 30.2. The van der Waals surface area contributed by atoms with Gasteiger partial charge in [-0.3, -0.25) is 4.90 Å². The number of nitrogens with zero attached hydrogens (tertiary/aromatic N) is 1. The van der Waals surface area contributed by atoms with Gasteiger partial charge in [-0.1, -0.05) is 6.08 Å². The fourth-order valence-corrected chi connectivity index (χ4v) is 3.25. The van der Waals surface area contributed by atoms with Crippen molar-refractivity contribution in [2.45, 2.75) is 32.1 Å². The van der Waals surface area contributed by atoms with Crippen LogP contribution in [0.5, 0.6) is 0 Å². The predicted octanol–water partition coefficient (Wildman–Crippen LogP) is 2.03. The van der Waals surface area contributed by atoms with E-state index in [0.717, 1.165) is 31.5 Å². The van der Waals surface area contributed by atoms with E-state index in [4.69, 9.17) is 10.5 Å². The molecule has 0 aromatic heterocycles. The van der Waals surface area contributed by atoms with Gasteiger partial charge in [0.15, 0.2) is 0 Å². The van der Waals surface area contributed by atoms with Crippen LogP contribution in [0.15, 0.2) is 11.6 Å². The highest BCUT2D eigenvalue weighted by Crippen LogP contribution is 2.29. The maximum Gasteiger partial charge on any atom is 0.0673 e. The van der Waals surface area contributed by atoms with Crippen molar-refractivity contribution < 1.29 is 4.74 Å². The largest absolute Gasteiger partial charge is 0.380 e. The average molecular weight is 252 g/mol. The molecule has 0 bridgehead atoms. The maximum atomic E-state index is 5.75. The smallest absolute Gasteiger partial charge is 0.0673 e. The first-order valence-electron chi connectivity index (χ1n) is 7.41. The molecule has 0 unspecified atom stereocenters. The highest BCUT2D eigenvalue weighted by atomic mass is 16.5. The average Bonchev–Trinajstić information content (AvgIpc) is 2.42. The molecule has 0 amide bonds. The lowest BCUT2D eigenvalue weighted by atomic mass is 9.81. The van der Waals surface area contributed by atoms with Crippen LogP contribution in [0.4, 0.5) is 0 Å². The van der Waals surface area contributed by atoms with Gasteiger partial charge in [0.05, 0.1) is 6.61 Å². The van der Waals surface area contributed by atoms with E-state index >= 15 is 0 Å². The van der Waals surface area contributed by atoms with Gasteiger partial charge in [0.25, 0.3) is 0 Å². The molecule has 0 atom stereocenters. The number of nitrogens with two attached hydrogens (primary N) is 1. The fraction of sp³-hybridized carbons (Fsp3) is 0.867. The summed E-state index contributed by atoms with van der Waals surface area (Å²) < 4.78 is 5.19. The van der Waals surface area contributed by atoms with Gasteiger partial charge in [-0.2, -0.15) is 0 Å². The predicted molar refractivity (Wildman–Crippen MR) is 75.5 cm³/mol. The minimum Gasteiger partial charge on any atom is -0.380 e. The first kappa shape index (κ1) is 14.0. The third kappa shape index (κ3) is 4.08. The van der Waals surface area contributed by atoms with Crippen LogP contribution < -0.4 is 5.73 Å². The van der Waals surface area contributed by atoms with E-state index in [1.165, 1.54) is 50.8 Å². The van der Waals surface area contributed by atoms with Gasteiger partial charge in [-0.25, -0.2) is 0 Å². The van der Waals surface area contributed by atoms with Crippen LogP contribution in [0.3, 0.4) is 0 Å². The van der Waals surface area contributed by atoms with Crippen molar-refractivity contribution in [2.75, 3.05) is 39.9 Å². The Balaban J connectivity index is 1.69. The third-order valence-electron chi connectivity index (χ3n) is 4.53. The molecule has 0 radical (unpaired) electrons. The van der Waals surface area contributed by atoms with Gasteiger partial charge in [0.1, 0.15) is 0 Å². The molecule has 1 aliphatic carbocycles. The monoisotopic (exact) mass is 252 g/mol. The minimum absolute atomic E-state index is 0.802. The third-order valence-corrected chi connectivity index (χ3v) is 4.53. The maximum absolute atomic E-state index is 5.75. The van der Waals surface area contributed by atoms with Gasteiger partial charge in [-0.05, 0) is 56.1 Å². The number of hydrogen-bond donors (Lipinski definition) is 1. The van der Waals surface area contributed by atoms with Crippen LogP contribution >= 0.6 is 0 Å². The molecule has 0 spiro atoms. The Hall–Kier alpha value is -0.380. The van der Waals surface area contributed by atoms with Crippen LogP contribution in [-0.2, 0) is 4.74 Å². The molecule has 3 heteroatoms. The van der Waals surface area contributed by atoms with Gasteiger partial charge in [0.2, 0.25) is 0 Å². The molecule has 0 aromatic carbocycles. The van der Waals surface area contributed by atoms with E-state index in [9.17, 15) is 0 Å². The van der Waals surface area contributed by atoms with E-state index in [0.29, 0.717) is 0 Å². The molecule has 1 heterocycles. The van der Waals surface area contributed by atoms with Gasteiger partial charge in [0, 0.05) is 26.7 Å². The highest BCUT2D eigenvalue weighted by Gasteiger charge is 2.22. The summed E-state index contributed by atoms with van der Waals surface area (Å²) in [5.41, 5.74) is 7.22. The number of methoxy groups -OCH3 is 1. The van der Waals surface area contributed by atoms with Crippen LogP contribution in [0.2, 0.25) is 0 Å². The summed E-state index contributed by atoms with van der Waals surface area (Å²) in [7, 11) is 1.78. The van der Waals surface area contributed by atoms with Gasteiger partial charge < -0.3 is 10.5 Å². The Kier molecular flexibility index (Phi) is 5.67. The molecule has 3 nitrogen and oxygen atoms in total. The zero-order valence-corrected chi connectivity index (χ0v) is 11.7. The Morgan fingerprint density at radius 2 is 2.00 bits per heavy atom. The number of hydrogen-bond acceptors (Lipinski definition) is 3. The second-order valence-electron chi connectivity index (χ2n) is 5.93. The fourth-order valence-electron chi connectivity index (χ4n) is 3.25. The van der Waals surface area contributed by atoms with Crippen LogP contribution in [0, 0.1) is 11.8 Å². The molecule has 0 aromatic rings. The molecule has 1 aliphatic heterocycles. The molecule has 2 rings (SSSR count). The lowest BCUT2D eigenvalue weighted by Gasteiger charge is -2.33. The summed E-state index contributed by atoms with van der Waals surface area (Å²) in [4.78, 5) is 2.60. The quantitative estimate of drug-likeness (QED) is 0.761. The summed E-state index contributed by atoms with van der Waals surface area (Å²) in [5.74, 6) is 1.71. The standard InChI is InChI=1S/C15H28N2O/c1-18-12-15-6-8-17(9-7-15)11-14-4-2-13(10-16)3-5-14/h6,13-14H,2-5,7-12,16H2,1H3. The van der Waals surface area contributed by atoms with Crippen LogP contribution in [0.25, 0.3) is 0 Å². The van der Waals surface area contributed by atoms with Crippen molar-refractivity contribution in [3.63, 3.8) is 0 Å². The Labute approximate surface area is 111 Å². The molecule has 104 valence electrons. The molecule has 2 N–H and O–H groups in total. The van der Waals surface area contributed by atoms with Gasteiger partial charge >= 0.3 is 0 Å². The molecule has 18 heavy (non-hydrogen) atoms. The van der Waals surface area contributed by atoms with Crippen molar-refractivity contribution >= 4 is 0 Å². The molecule has 1 fully saturated rings. The zero-order chi connectivity index (χ0) is 12.8. The van der Waals surface area contributed by atoms with Crippen molar-refractivity contribution in [3.8, 4) is 0 Å². The lowest BCUT2D eigenvalue weighted by molar-refractivity contribution is 0.179. The zero-order valence-electron chi connectivity index (χ0n) is 11.7. The second-order valence-corrected chi connectivity index (χ2v) is 5.93. The van der Waals surface area contributed by atoms with E-state index in [-0.39, 0.29) is 0 Å². The van der Waals surface area contributed by atoms with E-state index in [2.05, 4.69) is 11.0 Å². The topological polar surface area (TPSA) is 38.5 Å². The summed E-state index contributed by atoms with van der Waals surface area (Å²) in [6.07, 6.45) is 9.00. The summed E-state index contributed by atoms with van der Waals surface area (Å²) in [6.45, 7) is 5.32. The number of ether oxygens (including phenoxy) is 1. The second kappa shape index (κ2) is 7.27. The molecule has 0 saturated heterocycles. The Morgan fingerprint density at radius 1 is 1.28 bits per heavy atom. The highest BCUT2D eigenvalue weighted by molar-refractivity contribution is 5.07. The van der Waals surface area contributed by atoms with Crippen LogP contribution in [0.1, 0.15) is 32.1 Å². The minimum atomic E-state index is 0.802. The van der Waals surface area contributed by atoms with Gasteiger partial charge in [-0.15, -0.1) is 0 Å². The van der Waals surface area contributed by atoms with Crippen molar-refractivity contribution in [3.05, 3.63) is 11.6 Å². The molecule has 1 saturated carbocycles. The van der Waals surface area contributed by atoms with Crippen molar-refractivity contribution in [2.24, 2.45) is 17.6 Å². The number of rotatable bonds is 5. The summed E-state index contributed by atoms with van der Waals surface area (Å²) >= 11 is 0. The first-order valence-corrected chi connectivity index (χ1v) is 7.41. The first-order chi connectivity index (χ1) is 8.81. The Bertz CT molecular complexity index is 270. The van der Waals surface area contributed by atoms with E-state index in [1.54, 1.807) is 7.11 Å². The molecular formula is C15H28N2O. The van der Waals surface area contributed by atoms with E-state index in [1.807, 2.05) is 0 Å². The van der Waals surface area contributed by atoms with Crippen molar-refractivity contribution in [1.29, 1.82) is 0 Å². The molecule has 2 aliphatic rings. The SMILES string of the molecule is COCC1=CCN(CC2CCC(CN)CC2)CC1. The van der Waals surface area contributed by atoms with Crippen LogP contribution in [-0.4, -0.2) is 44.8 Å². The van der Waals surface area contributed by atoms with Crippen molar-refractivity contribution in [1.82, 2.24) is 4.90 Å². The van der Waals surface area contributed by atoms with E-state index < -0.39 is 0 Å². The molecular weight excluding hydrogens is 224 g/mol.